The molecule has 2 heterocycles. The van der Waals surface area contributed by atoms with Gasteiger partial charge in [-0.3, -0.25) is 0 Å². The first-order valence-electron chi connectivity index (χ1n) is 7.59. The molecule has 4 rings (SSSR count). The summed E-state index contributed by atoms with van der Waals surface area (Å²) < 4.78 is 5.87. The van der Waals surface area contributed by atoms with Crippen molar-refractivity contribution in [3.63, 3.8) is 0 Å². The Kier molecular flexibility index (Phi) is 3.00. The number of nitrogens with two attached hydrogens (primary N) is 1. The average molecular weight is 275 g/mol. The minimum atomic E-state index is 0.373. The highest BCUT2D eigenvalue weighted by atomic mass is 16.5. The van der Waals surface area contributed by atoms with Gasteiger partial charge in [0.2, 0.25) is 0 Å². The Bertz CT molecular complexity index is 504. The molecular weight excluding hydrogens is 254 g/mol. The highest BCUT2D eigenvalue weighted by molar-refractivity contribution is 5.51. The molecule has 1 aliphatic heterocycles. The van der Waals surface area contributed by atoms with Crippen LogP contribution in [0.15, 0.2) is 6.07 Å². The van der Waals surface area contributed by atoms with Crippen molar-refractivity contribution < 1.29 is 4.74 Å². The van der Waals surface area contributed by atoms with E-state index in [9.17, 15) is 0 Å². The van der Waals surface area contributed by atoms with Crippen LogP contribution in [0.3, 0.4) is 0 Å². The monoisotopic (exact) mass is 275 g/mol. The van der Waals surface area contributed by atoms with Crippen molar-refractivity contribution in [2.75, 3.05) is 23.5 Å². The van der Waals surface area contributed by atoms with Crippen LogP contribution in [0.25, 0.3) is 0 Å². The summed E-state index contributed by atoms with van der Waals surface area (Å²) >= 11 is 0. The fourth-order valence-corrected chi connectivity index (χ4v) is 3.41. The molecule has 1 saturated heterocycles. The number of aromatic nitrogens is 2. The molecule has 0 bridgehead atoms. The average Bonchev–Trinajstić information content (AvgIpc) is 3.23. The van der Waals surface area contributed by atoms with Crippen LogP contribution in [0.4, 0.5) is 11.6 Å². The van der Waals surface area contributed by atoms with Crippen LogP contribution in [0.1, 0.15) is 43.8 Å². The Labute approximate surface area is 118 Å². The molecule has 2 unspecified atom stereocenters. The lowest BCUT2D eigenvalue weighted by Crippen LogP contribution is -2.49. The second-order valence-electron chi connectivity index (χ2n) is 5.99. The lowest BCUT2D eigenvalue weighted by Gasteiger charge is -2.38. The number of nitrogens with one attached hydrogen (secondary N) is 1. The lowest BCUT2D eigenvalue weighted by molar-refractivity contribution is 0.0253. The second-order valence-corrected chi connectivity index (χ2v) is 5.99. The molecule has 2 saturated carbocycles. The zero-order valence-electron chi connectivity index (χ0n) is 11.6. The van der Waals surface area contributed by atoms with Crippen molar-refractivity contribution in [3.8, 4) is 0 Å². The van der Waals surface area contributed by atoms with E-state index in [0.29, 0.717) is 18.1 Å². The summed E-state index contributed by atoms with van der Waals surface area (Å²) in [7, 11) is 0. The van der Waals surface area contributed by atoms with Gasteiger partial charge in [-0.2, -0.15) is 0 Å². The smallest absolute Gasteiger partial charge is 0.145 e. The van der Waals surface area contributed by atoms with Crippen LogP contribution in [0, 0.1) is 0 Å². The van der Waals surface area contributed by atoms with E-state index in [1.807, 2.05) is 6.07 Å². The molecule has 2 atom stereocenters. The van der Waals surface area contributed by atoms with E-state index < -0.39 is 0 Å². The van der Waals surface area contributed by atoms with Gasteiger partial charge in [0.25, 0.3) is 0 Å². The fourth-order valence-electron chi connectivity index (χ4n) is 3.41. The van der Waals surface area contributed by atoms with E-state index in [1.54, 1.807) is 0 Å². The fraction of sp³-hybridized carbons (Fsp3) is 0.714. The van der Waals surface area contributed by atoms with E-state index in [2.05, 4.69) is 15.3 Å². The molecule has 6 heteroatoms. The Morgan fingerprint density at radius 2 is 2.15 bits per heavy atom. The van der Waals surface area contributed by atoms with Crippen molar-refractivity contribution >= 4 is 11.6 Å². The van der Waals surface area contributed by atoms with Gasteiger partial charge in [0, 0.05) is 18.5 Å². The first-order chi connectivity index (χ1) is 9.85. The van der Waals surface area contributed by atoms with Gasteiger partial charge < -0.3 is 15.1 Å². The van der Waals surface area contributed by atoms with E-state index in [0.717, 1.165) is 30.6 Å². The molecule has 0 spiro atoms. The molecule has 20 heavy (non-hydrogen) atoms. The summed E-state index contributed by atoms with van der Waals surface area (Å²) in [5, 5.41) is 0. The summed E-state index contributed by atoms with van der Waals surface area (Å²) in [4.78, 5) is 11.7. The number of rotatable bonds is 3. The third kappa shape index (κ3) is 2.13. The van der Waals surface area contributed by atoms with Crippen LogP contribution in [-0.2, 0) is 4.74 Å². The molecule has 1 aromatic heterocycles. The van der Waals surface area contributed by atoms with Crippen molar-refractivity contribution in [2.24, 2.45) is 5.84 Å². The highest BCUT2D eigenvalue weighted by Crippen LogP contribution is 2.40. The third-order valence-electron chi connectivity index (χ3n) is 4.60. The zero-order chi connectivity index (χ0) is 13.5. The van der Waals surface area contributed by atoms with E-state index in [4.69, 9.17) is 15.6 Å². The first kappa shape index (κ1) is 12.3. The minimum Gasteiger partial charge on any atom is -0.374 e. The van der Waals surface area contributed by atoms with Gasteiger partial charge in [-0.15, -0.1) is 0 Å². The molecule has 3 N–H and O–H groups in total. The molecule has 6 nitrogen and oxygen atoms in total. The number of fused-ring (bicyclic) bond motifs is 1. The molecular formula is C14H21N5O. The first-order valence-corrected chi connectivity index (χ1v) is 7.59. The standard InChI is InChI=1S/C14H21N5O/c15-18-12-8-13(17-14(16-12)9-4-5-9)19-6-7-20-11-3-1-2-10(11)19/h8-11H,1-7,15H2,(H,16,17,18). The maximum Gasteiger partial charge on any atom is 0.145 e. The van der Waals surface area contributed by atoms with E-state index >= 15 is 0 Å². The Morgan fingerprint density at radius 3 is 2.95 bits per heavy atom. The van der Waals surface area contributed by atoms with Crippen LogP contribution < -0.4 is 16.2 Å². The molecule has 3 aliphatic rings. The number of hydrazine groups is 1. The van der Waals surface area contributed by atoms with Crippen LogP contribution in [0.2, 0.25) is 0 Å². The van der Waals surface area contributed by atoms with E-state index in [-0.39, 0.29) is 0 Å². The largest absolute Gasteiger partial charge is 0.374 e. The zero-order valence-corrected chi connectivity index (χ0v) is 11.6. The molecule has 108 valence electrons. The van der Waals surface area contributed by atoms with Crippen molar-refractivity contribution in [2.45, 2.75) is 50.2 Å². The van der Waals surface area contributed by atoms with Crippen molar-refractivity contribution in [1.82, 2.24) is 9.97 Å². The van der Waals surface area contributed by atoms with Gasteiger partial charge in [0.1, 0.15) is 17.5 Å². The summed E-state index contributed by atoms with van der Waals surface area (Å²) in [6.45, 7) is 1.70. The van der Waals surface area contributed by atoms with Gasteiger partial charge in [0.05, 0.1) is 18.8 Å². The molecule has 2 aliphatic carbocycles. The molecule has 0 radical (unpaired) electrons. The van der Waals surface area contributed by atoms with Gasteiger partial charge in [-0.1, -0.05) is 0 Å². The van der Waals surface area contributed by atoms with Crippen LogP contribution in [0.5, 0.6) is 0 Å². The SMILES string of the molecule is NNc1cc(N2CCOC3CCCC32)nc(C2CC2)n1. The maximum absolute atomic E-state index is 5.87. The molecule has 3 fully saturated rings. The summed E-state index contributed by atoms with van der Waals surface area (Å²) in [5.41, 5.74) is 2.68. The van der Waals surface area contributed by atoms with Crippen LogP contribution in [-0.4, -0.2) is 35.3 Å². The number of hydrogen-bond donors (Lipinski definition) is 2. The maximum atomic E-state index is 5.87. The third-order valence-corrected chi connectivity index (χ3v) is 4.60. The van der Waals surface area contributed by atoms with Crippen LogP contribution >= 0.6 is 0 Å². The number of anilines is 2. The molecule has 0 amide bonds. The van der Waals surface area contributed by atoms with E-state index in [1.165, 1.54) is 32.1 Å². The predicted octanol–water partition coefficient (Wildman–Crippen LogP) is 1.40. The predicted molar refractivity (Wildman–Crippen MR) is 76.5 cm³/mol. The van der Waals surface area contributed by atoms with Gasteiger partial charge in [0.15, 0.2) is 0 Å². The number of morpholine rings is 1. The second kappa shape index (κ2) is 4.86. The normalized spacial score (nSPS) is 29.4. The highest BCUT2D eigenvalue weighted by Gasteiger charge is 2.37. The minimum absolute atomic E-state index is 0.373. The summed E-state index contributed by atoms with van der Waals surface area (Å²) in [6, 6.07) is 2.43. The summed E-state index contributed by atoms with van der Waals surface area (Å²) in [5.74, 6) is 8.76. The Hall–Kier alpha value is -1.40. The summed E-state index contributed by atoms with van der Waals surface area (Å²) in [6.07, 6.45) is 6.37. The molecule has 0 aromatic carbocycles. The number of nitrogens with zero attached hydrogens (tertiary/aromatic N) is 3. The van der Waals surface area contributed by atoms with Gasteiger partial charge >= 0.3 is 0 Å². The van der Waals surface area contributed by atoms with Crippen molar-refractivity contribution in [1.29, 1.82) is 0 Å². The van der Waals surface area contributed by atoms with Gasteiger partial charge in [-0.05, 0) is 32.1 Å². The molecule has 1 aromatic rings. The number of ether oxygens (including phenoxy) is 1. The Morgan fingerprint density at radius 1 is 1.25 bits per heavy atom. The quantitative estimate of drug-likeness (QED) is 0.641. The van der Waals surface area contributed by atoms with Crippen molar-refractivity contribution in [3.05, 3.63) is 11.9 Å². The van der Waals surface area contributed by atoms with Gasteiger partial charge in [-0.25, -0.2) is 15.8 Å². The lowest BCUT2D eigenvalue weighted by atomic mass is 10.1. The number of nitrogen functional groups attached to an aromatic ring is 1. The number of hydrogen-bond acceptors (Lipinski definition) is 6. The Balaban J connectivity index is 1.67. The topological polar surface area (TPSA) is 76.3 Å².